The molecule has 1 aliphatic carbocycles. The van der Waals surface area contributed by atoms with E-state index in [0.717, 1.165) is 26.3 Å². The van der Waals surface area contributed by atoms with Crippen LogP contribution in [0.3, 0.4) is 0 Å². The number of amides is 1. The van der Waals surface area contributed by atoms with Crippen molar-refractivity contribution in [2.45, 2.75) is 51.1 Å². The van der Waals surface area contributed by atoms with Crippen LogP contribution in [0.1, 0.15) is 47.8 Å². The van der Waals surface area contributed by atoms with Gasteiger partial charge in [0.2, 0.25) is 0 Å². The van der Waals surface area contributed by atoms with Crippen molar-refractivity contribution in [2.75, 3.05) is 19.7 Å². The quantitative estimate of drug-likeness (QED) is 0.886. The standard InChI is InChI=1S/C21H26N2O2S/c1-3-25-17-13(2)4-5-15-12-16(26-18(15)17)20(24)22-19-14-6-10-23(11-7-14)21(19)8-9-21/h4-5,12,14,19H,3,6-11H2,1-2H3,(H,22,24)/t19-/m1/s1. The predicted molar refractivity (Wildman–Crippen MR) is 105 cm³/mol. The van der Waals surface area contributed by atoms with E-state index in [1.165, 1.54) is 38.8 Å². The third-order valence-electron chi connectivity index (χ3n) is 6.62. The molecule has 1 atom stereocenters. The topological polar surface area (TPSA) is 41.6 Å². The number of piperidine rings is 3. The van der Waals surface area contributed by atoms with Crippen molar-refractivity contribution in [1.29, 1.82) is 0 Å². The minimum absolute atomic E-state index is 0.0938. The highest BCUT2D eigenvalue weighted by Gasteiger charge is 2.60. The van der Waals surface area contributed by atoms with Crippen LogP contribution in [0.5, 0.6) is 5.75 Å². The average molecular weight is 371 g/mol. The van der Waals surface area contributed by atoms with Gasteiger partial charge in [-0.05, 0) is 75.6 Å². The van der Waals surface area contributed by atoms with Crippen LogP contribution < -0.4 is 10.1 Å². The summed E-state index contributed by atoms with van der Waals surface area (Å²) in [6.45, 7) is 7.14. The molecule has 1 N–H and O–H groups in total. The summed E-state index contributed by atoms with van der Waals surface area (Å²) in [6, 6.07) is 6.53. The maximum atomic E-state index is 13.1. The highest BCUT2D eigenvalue weighted by atomic mass is 32.1. The van der Waals surface area contributed by atoms with Crippen molar-refractivity contribution in [3.63, 3.8) is 0 Å². The number of carbonyl (C=O) groups is 1. The van der Waals surface area contributed by atoms with Crippen LogP contribution in [-0.4, -0.2) is 42.1 Å². The highest BCUT2D eigenvalue weighted by Crippen LogP contribution is 2.53. The molecule has 4 heterocycles. The number of thiophene rings is 1. The van der Waals surface area contributed by atoms with Gasteiger partial charge in [0.1, 0.15) is 5.75 Å². The number of aryl methyl sites for hydroxylation is 1. The Labute approximate surface area is 158 Å². The van der Waals surface area contributed by atoms with E-state index in [9.17, 15) is 4.79 Å². The lowest BCUT2D eigenvalue weighted by atomic mass is 9.77. The van der Waals surface area contributed by atoms with Gasteiger partial charge in [0, 0.05) is 5.54 Å². The van der Waals surface area contributed by atoms with Crippen LogP contribution in [0.2, 0.25) is 0 Å². The minimum Gasteiger partial charge on any atom is -0.492 e. The summed E-state index contributed by atoms with van der Waals surface area (Å²) in [5.41, 5.74) is 1.41. The Kier molecular flexibility index (Phi) is 3.80. The zero-order chi connectivity index (χ0) is 17.9. The van der Waals surface area contributed by atoms with Gasteiger partial charge in [-0.3, -0.25) is 9.69 Å². The fourth-order valence-corrected chi connectivity index (χ4v) is 6.26. The summed E-state index contributed by atoms with van der Waals surface area (Å²) in [6.07, 6.45) is 4.95. The molecule has 4 nitrogen and oxygen atoms in total. The van der Waals surface area contributed by atoms with Gasteiger partial charge in [-0.1, -0.05) is 12.1 Å². The zero-order valence-electron chi connectivity index (χ0n) is 15.5. The van der Waals surface area contributed by atoms with Gasteiger partial charge < -0.3 is 10.1 Å². The lowest BCUT2D eigenvalue weighted by molar-refractivity contribution is -0.00138. The van der Waals surface area contributed by atoms with Crippen LogP contribution >= 0.6 is 11.3 Å². The van der Waals surface area contributed by atoms with E-state index in [1.54, 1.807) is 11.3 Å². The molecule has 2 bridgehead atoms. The fourth-order valence-electron chi connectivity index (χ4n) is 5.14. The third-order valence-corrected chi connectivity index (χ3v) is 7.77. The molecular weight excluding hydrogens is 344 g/mol. The smallest absolute Gasteiger partial charge is 0.261 e. The molecule has 6 rings (SSSR count). The Morgan fingerprint density at radius 2 is 2.12 bits per heavy atom. The predicted octanol–water partition coefficient (Wildman–Crippen LogP) is 3.97. The van der Waals surface area contributed by atoms with Gasteiger partial charge in [-0.25, -0.2) is 0 Å². The Morgan fingerprint density at radius 1 is 1.35 bits per heavy atom. The van der Waals surface area contributed by atoms with Gasteiger partial charge in [0.05, 0.1) is 22.2 Å². The van der Waals surface area contributed by atoms with Crippen LogP contribution in [0, 0.1) is 12.8 Å². The molecule has 2 aromatic rings. The monoisotopic (exact) mass is 370 g/mol. The summed E-state index contributed by atoms with van der Waals surface area (Å²) in [7, 11) is 0. The van der Waals surface area contributed by atoms with Crippen molar-refractivity contribution in [3.8, 4) is 5.75 Å². The Morgan fingerprint density at radius 3 is 2.81 bits per heavy atom. The van der Waals surface area contributed by atoms with Crippen LogP contribution in [0.25, 0.3) is 10.1 Å². The maximum Gasteiger partial charge on any atom is 0.261 e. The first-order valence-corrected chi connectivity index (χ1v) is 10.7. The van der Waals surface area contributed by atoms with E-state index in [4.69, 9.17) is 4.74 Å². The number of benzene rings is 1. The summed E-state index contributed by atoms with van der Waals surface area (Å²) in [5, 5.41) is 4.54. The molecule has 1 aromatic heterocycles. The van der Waals surface area contributed by atoms with Gasteiger partial charge in [-0.15, -0.1) is 11.3 Å². The molecule has 0 unspecified atom stereocenters. The lowest BCUT2D eigenvalue weighted by Gasteiger charge is -2.52. The van der Waals surface area contributed by atoms with Crippen molar-refractivity contribution in [2.24, 2.45) is 5.92 Å². The Balaban J connectivity index is 1.43. The van der Waals surface area contributed by atoms with E-state index in [1.807, 2.05) is 13.0 Å². The fraction of sp³-hybridized carbons (Fsp3) is 0.571. The second-order valence-electron chi connectivity index (χ2n) is 8.05. The number of nitrogens with zero attached hydrogens (tertiary/aromatic N) is 1. The molecule has 1 spiro atoms. The number of hydrogen-bond acceptors (Lipinski definition) is 4. The lowest BCUT2D eigenvalue weighted by Crippen LogP contribution is -2.65. The van der Waals surface area contributed by atoms with Crippen LogP contribution in [0.4, 0.5) is 0 Å². The Bertz CT molecular complexity index is 862. The molecule has 5 heteroatoms. The second kappa shape index (κ2) is 5.96. The van der Waals surface area contributed by atoms with Gasteiger partial charge in [-0.2, -0.15) is 0 Å². The summed E-state index contributed by atoms with van der Waals surface area (Å²) >= 11 is 1.56. The number of hydrogen-bond donors (Lipinski definition) is 1. The molecule has 1 aromatic carbocycles. The Hall–Kier alpha value is -1.59. The number of carbonyl (C=O) groups excluding carboxylic acids is 1. The average Bonchev–Trinajstić information content (AvgIpc) is 3.30. The van der Waals surface area contributed by atoms with E-state index < -0.39 is 0 Å². The molecule has 1 saturated carbocycles. The normalized spacial score (nSPS) is 28.5. The van der Waals surface area contributed by atoms with Gasteiger partial charge >= 0.3 is 0 Å². The van der Waals surface area contributed by atoms with E-state index in [-0.39, 0.29) is 11.4 Å². The molecule has 3 saturated heterocycles. The molecule has 4 fully saturated rings. The molecule has 4 aliphatic rings. The first kappa shape index (κ1) is 16.6. The first-order valence-electron chi connectivity index (χ1n) is 9.84. The third kappa shape index (κ3) is 2.40. The van der Waals surface area contributed by atoms with Crippen molar-refractivity contribution >= 4 is 27.3 Å². The number of ether oxygens (including phenoxy) is 1. The molecular formula is C21H26N2O2S. The van der Waals surface area contributed by atoms with E-state index in [0.29, 0.717) is 18.6 Å². The maximum absolute atomic E-state index is 13.1. The summed E-state index contributed by atoms with van der Waals surface area (Å²) in [4.78, 5) is 16.5. The van der Waals surface area contributed by atoms with Crippen molar-refractivity contribution < 1.29 is 9.53 Å². The molecule has 3 aliphatic heterocycles. The van der Waals surface area contributed by atoms with Gasteiger partial charge in [0.25, 0.3) is 5.91 Å². The molecule has 26 heavy (non-hydrogen) atoms. The SMILES string of the molecule is CCOc1c(C)ccc2cc(C(=O)N[C@@H]3C4CCN(CC4)C34CC4)sc12. The summed E-state index contributed by atoms with van der Waals surface area (Å²) < 4.78 is 6.94. The van der Waals surface area contributed by atoms with Gasteiger partial charge in [0.15, 0.2) is 0 Å². The number of nitrogens with one attached hydrogen (secondary N) is 1. The highest BCUT2D eigenvalue weighted by molar-refractivity contribution is 7.21. The van der Waals surface area contributed by atoms with Crippen molar-refractivity contribution in [1.82, 2.24) is 10.2 Å². The first-order chi connectivity index (χ1) is 12.6. The van der Waals surface area contributed by atoms with Crippen LogP contribution in [0.15, 0.2) is 18.2 Å². The molecule has 0 radical (unpaired) electrons. The van der Waals surface area contributed by atoms with Crippen LogP contribution in [-0.2, 0) is 0 Å². The number of fused-ring (bicyclic) bond motifs is 3. The summed E-state index contributed by atoms with van der Waals surface area (Å²) in [5.74, 6) is 1.67. The zero-order valence-corrected chi connectivity index (χ0v) is 16.3. The largest absolute Gasteiger partial charge is 0.492 e. The van der Waals surface area contributed by atoms with Crippen molar-refractivity contribution in [3.05, 3.63) is 28.6 Å². The molecule has 138 valence electrons. The van der Waals surface area contributed by atoms with E-state index in [2.05, 4.69) is 29.3 Å². The number of rotatable bonds is 4. The second-order valence-corrected chi connectivity index (χ2v) is 9.10. The van der Waals surface area contributed by atoms with E-state index >= 15 is 0 Å². The minimum atomic E-state index is 0.0938. The molecule has 1 amide bonds.